The molecule has 196 valence electrons. The number of carbonyl (C=O) groups is 2. The zero-order valence-electron chi connectivity index (χ0n) is 21.4. The number of rotatable bonds is 8. The van der Waals surface area contributed by atoms with E-state index in [-0.39, 0.29) is 17.9 Å². The van der Waals surface area contributed by atoms with Crippen LogP contribution in [0, 0.1) is 13.8 Å². The highest BCUT2D eigenvalue weighted by atomic mass is 32.1. The van der Waals surface area contributed by atoms with Gasteiger partial charge in [-0.2, -0.15) is 0 Å². The highest BCUT2D eigenvalue weighted by molar-refractivity contribution is 7.15. The number of likely N-dealkylation sites (tertiary alicyclic amines) is 1. The van der Waals surface area contributed by atoms with Crippen molar-refractivity contribution in [3.05, 3.63) is 65.0 Å². The Hall–Kier alpha value is -4.25. The monoisotopic (exact) mass is 533 g/mol. The smallest absolute Gasteiger partial charge is 0.263 e. The third-order valence-corrected chi connectivity index (χ3v) is 6.77. The lowest BCUT2D eigenvalue weighted by Gasteiger charge is -2.21. The summed E-state index contributed by atoms with van der Waals surface area (Å²) in [7, 11) is 0. The molecule has 1 aliphatic heterocycles. The van der Waals surface area contributed by atoms with Gasteiger partial charge < -0.3 is 18.8 Å². The molecule has 38 heavy (non-hydrogen) atoms. The van der Waals surface area contributed by atoms with Crippen molar-refractivity contribution >= 4 is 28.3 Å². The predicted molar refractivity (Wildman–Crippen MR) is 142 cm³/mol. The summed E-state index contributed by atoms with van der Waals surface area (Å²) in [6, 6.07) is 12.1. The van der Waals surface area contributed by atoms with Crippen LogP contribution in [0.4, 0.5) is 5.13 Å². The minimum Gasteiger partial charge on any atom is -0.480 e. The Balaban J connectivity index is 1.39. The zero-order chi connectivity index (χ0) is 26.8. The van der Waals surface area contributed by atoms with E-state index in [9.17, 15) is 9.59 Å². The molecule has 0 bridgehead atoms. The van der Waals surface area contributed by atoms with Crippen LogP contribution in [-0.2, 0) is 4.79 Å². The molecule has 0 aliphatic carbocycles. The number of hydrogen-bond donors (Lipinski definition) is 1. The number of benzene rings is 2. The number of amides is 2. The number of hydrogen-bond acceptors (Lipinski definition) is 9. The van der Waals surface area contributed by atoms with Crippen LogP contribution in [0.3, 0.4) is 0 Å². The molecule has 3 heterocycles. The van der Waals surface area contributed by atoms with Crippen molar-refractivity contribution in [1.82, 2.24) is 20.1 Å². The van der Waals surface area contributed by atoms with Gasteiger partial charge in [-0.1, -0.05) is 0 Å². The summed E-state index contributed by atoms with van der Waals surface area (Å²) in [6.45, 7) is 8.22. The number of aromatic nitrogens is 3. The fourth-order valence-corrected chi connectivity index (χ4v) is 4.75. The molecule has 0 spiro atoms. The highest BCUT2D eigenvalue weighted by Crippen LogP contribution is 2.31. The van der Waals surface area contributed by atoms with Crippen LogP contribution < -0.4 is 14.8 Å². The predicted octanol–water partition coefficient (Wildman–Crippen LogP) is 5.24. The van der Waals surface area contributed by atoms with Crippen LogP contribution >= 0.6 is 11.3 Å². The van der Waals surface area contributed by atoms with Gasteiger partial charge in [-0.25, -0.2) is 4.98 Å². The second-order valence-electron chi connectivity index (χ2n) is 9.20. The lowest BCUT2D eigenvalue weighted by molar-refractivity contribution is -0.134. The number of carbonyl (C=O) groups excluding carboxylic acids is 2. The number of nitrogens with one attached hydrogen (secondary N) is 1. The fraction of sp³-hybridized carbons (Fsp3) is 0.296. The third kappa shape index (κ3) is 5.67. The summed E-state index contributed by atoms with van der Waals surface area (Å²) in [6.07, 6.45) is 1.64. The first-order valence-corrected chi connectivity index (χ1v) is 13.0. The summed E-state index contributed by atoms with van der Waals surface area (Å²) in [5.74, 6) is 1.75. The Bertz CT molecular complexity index is 1460. The summed E-state index contributed by atoms with van der Waals surface area (Å²) < 4.78 is 17.6. The van der Waals surface area contributed by atoms with Crippen LogP contribution in [-0.4, -0.2) is 50.6 Å². The van der Waals surface area contributed by atoms with Gasteiger partial charge in [0.1, 0.15) is 17.2 Å². The van der Waals surface area contributed by atoms with Crippen LogP contribution in [0.25, 0.3) is 11.5 Å². The lowest BCUT2D eigenvalue weighted by atomic mass is 10.1. The first-order chi connectivity index (χ1) is 18.2. The van der Waals surface area contributed by atoms with Gasteiger partial charge in [-0.05, 0) is 57.2 Å². The maximum atomic E-state index is 13.1. The molecule has 0 radical (unpaired) electrons. The van der Waals surface area contributed by atoms with E-state index in [1.165, 1.54) is 11.3 Å². The molecule has 1 unspecified atom stereocenters. The van der Waals surface area contributed by atoms with Crippen LogP contribution in [0.15, 0.2) is 53.1 Å². The number of ether oxygens (including phenoxy) is 2. The molecule has 4 aromatic rings. The first-order valence-electron chi connectivity index (χ1n) is 12.2. The Kier molecular flexibility index (Phi) is 7.10. The van der Waals surface area contributed by atoms with E-state index in [0.29, 0.717) is 52.7 Å². The molecule has 1 aliphatic rings. The second kappa shape index (κ2) is 10.6. The van der Waals surface area contributed by atoms with Crippen molar-refractivity contribution in [2.75, 3.05) is 11.9 Å². The minimum atomic E-state index is -0.623. The van der Waals surface area contributed by atoms with E-state index in [1.807, 2.05) is 20.8 Å². The van der Waals surface area contributed by atoms with E-state index in [1.54, 1.807) is 60.5 Å². The van der Waals surface area contributed by atoms with Gasteiger partial charge in [0, 0.05) is 54.2 Å². The number of aryl methyl sites for hydroxylation is 2. The average molecular weight is 534 g/mol. The molecule has 2 aromatic carbocycles. The van der Waals surface area contributed by atoms with Gasteiger partial charge in [0.25, 0.3) is 11.8 Å². The van der Waals surface area contributed by atoms with Gasteiger partial charge in [-0.15, -0.1) is 21.5 Å². The molecule has 1 atom stereocenters. The summed E-state index contributed by atoms with van der Waals surface area (Å²) in [5.41, 5.74) is 1.07. The largest absolute Gasteiger partial charge is 0.480 e. The molecular formula is C27H27N5O5S. The molecule has 1 saturated heterocycles. The topological polar surface area (TPSA) is 120 Å². The highest BCUT2D eigenvalue weighted by Gasteiger charge is 2.34. The first kappa shape index (κ1) is 25.4. The number of nitrogens with zero attached hydrogens (tertiary/aromatic N) is 4. The molecule has 1 fully saturated rings. The van der Waals surface area contributed by atoms with Crippen LogP contribution in [0.2, 0.25) is 0 Å². The number of thiazole rings is 1. The van der Waals surface area contributed by atoms with Gasteiger partial charge in [-0.3, -0.25) is 14.9 Å². The van der Waals surface area contributed by atoms with Gasteiger partial charge in [0.05, 0.1) is 0 Å². The summed E-state index contributed by atoms with van der Waals surface area (Å²) >= 11 is 1.38. The van der Waals surface area contributed by atoms with Crippen molar-refractivity contribution in [3.8, 4) is 28.7 Å². The van der Waals surface area contributed by atoms with Crippen molar-refractivity contribution < 1.29 is 23.5 Å². The van der Waals surface area contributed by atoms with Crippen molar-refractivity contribution in [3.63, 3.8) is 0 Å². The van der Waals surface area contributed by atoms with E-state index >= 15 is 0 Å². The van der Waals surface area contributed by atoms with Gasteiger partial charge in [0.2, 0.25) is 11.8 Å². The molecule has 1 N–H and O–H groups in total. The van der Waals surface area contributed by atoms with E-state index < -0.39 is 6.10 Å². The quantitative estimate of drug-likeness (QED) is 0.326. The Morgan fingerprint density at radius 1 is 1.11 bits per heavy atom. The SMILES string of the molecule is Cc1nnc(-c2ccc(Oc3cc(OC4CCN(C(C)C)C4=O)cc(C(=O)Nc4ncc(C)s4)c3)cc2)o1. The van der Waals surface area contributed by atoms with Crippen LogP contribution in [0.1, 0.15) is 41.4 Å². The Morgan fingerprint density at radius 3 is 2.50 bits per heavy atom. The van der Waals surface area contributed by atoms with Crippen LogP contribution in [0.5, 0.6) is 17.2 Å². The van der Waals surface area contributed by atoms with E-state index in [2.05, 4.69) is 20.5 Å². The average Bonchev–Trinajstić information content (AvgIpc) is 3.60. The van der Waals surface area contributed by atoms with Gasteiger partial charge >= 0.3 is 0 Å². The standard InChI is InChI=1S/C27H27N5O5S/c1-15(2)32-10-9-23(26(32)34)37-22-12-19(24(33)29-27-28-14-16(3)38-27)11-21(13-22)36-20-7-5-18(6-8-20)25-31-30-17(4)35-25/h5-8,11-15,23H,9-10H2,1-4H3,(H,28,29,33). The van der Waals surface area contributed by atoms with Crippen molar-refractivity contribution in [2.45, 2.75) is 46.3 Å². The normalized spacial score (nSPS) is 15.2. The summed E-state index contributed by atoms with van der Waals surface area (Å²) in [5, 5.41) is 11.2. The number of anilines is 1. The van der Waals surface area contributed by atoms with Crippen molar-refractivity contribution in [2.24, 2.45) is 0 Å². The molecule has 11 heteroatoms. The fourth-order valence-electron chi connectivity index (χ4n) is 4.09. The molecule has 2 amide bonds. The van der Waals surface area contributed by atoms with Gasteiger partial charge in [0.15, 0.2) is 11.2 Å². The maximum Gasteiger partial charge on any atom is 0.263 e. The molecule has 2 aromatic heterocycles. The molecule has 10 nitrogen and oxygen atoms in total. The molecule has 0 saturated carbocycles. The Morgan fingerprint density at radius 2 is 1.87 bits per heavy atom. The second-order valence-corrected chi connectivity index (χ2v) is 10.4. The third-order valence-electron chi connectivity index (χ3n) is 5.94. The van der Waals surface area contributed by atoms with E-state index in [0.717, 1.165) is 10.4 Å². The Labute approximate surface area is 223 Å². The molecular weight excluding hydrogens is 506 g/mol. The zero-order valence-corrected chi connectivity index (χ0v) is 22.2. The van der Waals surface area contributed by atoms with Crippen molar-refractivity contribution in [1.29, 1.82) is 0 Å². The minimum absolute atomic E-state index is 0.0672. The molecule has 5 rings (SSSR count). The van der Waals surface area contributed by atoms with E-state index in [4.69, 9.17) is 13.9 Å². The maximum absolute atomic E-state index is 13.1. The lowest BCUT2D eigenvalue weighted by Crippen LogP contribution is -2.36. The summed E-state index contributed by atoms with van der Waals surface area (Å²) in [4.78, 5) is 32.9.